The van der Waals surface area contributed by atoms with E-state index >= 15 is 0 Å². The molecule has 0 bridgehead atoms. The molecule has 2 N–H and O–H groups in total. The van der Waals surface area contributed by atoms with Crippen LogP contribution in [0.3, 0.4) is 0 Å². The summed E-state index contributed by atoms with van der Waals surface area (Å²) in [6.45, 7) is 6.23. The molecule has 1 fully saturated rings. The van der Waals surface area contributed by atoms with Crippen LogP contribution in [0.25, 0.3) is 0 Å². The van der Waals surface area contributed by atoms with Gasteiger partial charge in [0.25, 0.3) is 0 Å². The van der Waals surface area contributed by atoms with Crippen LogP contribution in [0, 0.1) is 0 Å². The van der Waals surface area contributed by atoms with Gasteiger partial charge in [-0.15, -0.1) is 0 Å². The van der Waals surface area contributed by atoms with E-state index in [-0.39, 0.29) is 0 Å². The molecule has 0 aromatic carbocycles. The van der Waals surface area contributed by atoms with Crippen LogP contribution in [0.4, 0.5) is 0 Å². The van der Waals surface area contributed by atoms with Crippen molar-refractivity contribution in [3.05, 3.63) is 0 Å². The van der Waals surface area contributed by atoms with Gasteiger partial charge in [-0.2, -0.15) is 0 Å². The van der Waals surface area contributed by atoms with Crippen molar-refractivity contribution in [2.24, 2.45) is 5.73 Å². The lowest BCUT2D eigenvalue weighted by Gasteiger charge is -2.28. The Morgan fingerprint density at radius 2 is 2.29 bits per heavy atom. The summed E-state index contributed by atoms with van der Waals surface area (Å²) in [5.74, 6) is 0. The van der Waals surface area contributed by atoms with E-state index < -0.39 is 0 Å². The molecule has 3 nitrogen and oxygen atoms in total. The van der Waals surface area contributed by atoms with Crippen molar-refractivity contribution in [3.8, 4) is 0 Å². The summed E-state index contributed by atoms with van der Waals surface area (Å²) in [5, 5.41) is 0. The van der Waals surface area contributed by atoms with Gasteiger partial charge in [0.1, 0.15) is 0 Å². The minimum atomic E-state index is 0.317. The first kappa shape index (κ1) is 12.0. The molecule has 0 amide bonds. The maximum Gasteiger partial charge on any atom is 0.0702 e. The van der Waals surface area contributed by atoms with Gasteiger partial charge < -0.3 is 10.5 Å². The van der Waals surface area contributed by atoms with Crippen LogP contribution in [0.5, 0.6) is 0 Å². The standard InChI is InChI=1S/C11H24N2O/c1-4-5-10(12)8-13(3)11-6-7-14-9(11)2/h9-11H,4-8,12H2,1-3H3. The number of likely N-dealkylation sites (N-methyl/N-ethyl adjacent to an activating group) is 1. The molecule has 1 saturated heterocycles. The van der Waals surface area contributed by atoms with E-state index in [1.165, 1.54) is 6.42 Å². The van der Waals surface area contributed by atoms with Crippen LogP contribution < -0.4 is 5.73 Å². The average Bonchev–Trinajstić information content (AvgIpc) is 2.51. The van der Waals surface area contributed by atoms with Crippen LogP contribution in [0.15, 0.2) is 0 Å². The fourth-order valence-corrected chi connectivity index (χ4v) is 2.27. The number of ether oxygens (including phenoxy) is 1. The Hall–Kier alpha value is -0.120. The molecule has 3 heteroatoms. The molecule has 14 heavy (non-hydrogen) atoms. The highest BCUT2D eigenvalue weighted by Gasteiger charge is 2.28. The van der Waals surface area contributed by atoms with Crippen molar-refractivity contribution in [1.29, 1.82) is 0 Å². The molecular formula is C11H24N2O. The number of rotatable bonds is 5. The predicted octanol–water partition coefficient (Wildman–Crippen LogP) is 1.22. The van der Waals surface area contributed by atoms with Gasteiger partial charge in [-0.25, -0.2) is 0 Å². The van der Waals surface area contributed by atoms with Gasteiger partial charge in [0.05, 0.1) is 6.10 Å². The van der Waals surface area contributed by atoms with Gasteiger partial charge in [0, 0.05) is 25.2 Å². The highest BCUT2D eigenvalue weighted by atomic mass is 16.5. The van der Waals surface area contributed by atoms with Crippen LogP contribution in [0.2, 0.25) is 0 Å². The minimum Gasteiger partial charge on any atom is -0.377 e. The molecule has 1 aliphatic heterocycles. The molecule has 0 spiro atoms. The third kappa shape index (κ3) is 3.23. The third-order valence-corrected chi connectivity index (χ3v) is 3.08. The molecule has 0 aromatic rings. The topological polar surface area (TPSA) is 38.5 Å². The fourth-order valence-electron chi connectivity index (χ4n) is 2.27. The van der Waals surface area contributed by atoms with E-state index in [1.807, 2.05) is 0 Å². The van der Waals surface area contributed by atoms with E-state index in [1.54, 1.807) is 0 Å². The van der Waals surface area contributed by atoms with Crippen LogP contribution in [-0.2, 0) is 4.74 Å². The molecule has 1 heterocycles. The second kappa shape index (κ2) is 5.69. The normalized spacial score (nSPS) is 29.8. The van der Waals surface area contributed by atoms with Crippen molar-refractivity contribution in [3.63, 3.8) is 0 Å². The van der Waals surface area contributed by atoms with E-state index in [0.29, 0.717) is 18.2 Å². The molecule has 0 saturated carbocycles. The number of hydrogen-bond acceptors (Lipinski definition) is 3. The summed E-state index contributed by atoms with van der Waals surface area (Å²) in [5.41, 5.74) is 6.02. The number of nitrogens with zero attached hydrogens (tertiary/aromatic N) is 1. The molecule has 3 unspecified atom stereocenters. The first-order chi connectivity index (χ1) is 6.65. The Morgan fingerprint density at radius 1 is 1.57 bits per heavy atom. The first-order valence-corrected chi connectivity index (χ1v) is 5.72. The molecule has 0 aliphatic carbocycles. The maximum absolute atomic E-state index is 6.02. The zero-order valence-corrected chi connectivity index (χ0v) is 9.70. The first-order valence-electron chi connectivity index (χ1n) is 5.72. The fraction of sp³-hybridized carbons (Fsp3) is 1.00. The molecule has 0 radical (unpaired) electrons. The lowest BCUT2D eigenvalue weighted by Crippen LogP contribution is -2.43. The number of nitrogens with two attached hydrogens (primary N) is 1. The summed E-state index contributed by atoms with van der Waals surface area (Å²) < 4.78 is 5.55. The summed E-state index contributed by atoms with van der Waals surface area (Å²) in [7, 11) is 2.16. The molecule has 84 valence electrons. The second-order valence-electron chi connectivity index (χ2n) is 4.42. The summed E-state index contributed by atoms with van der Waals surface area (Å²) >= 11 is 0. The van der Waals surface area contributed by atoms with E-state index in [4.69, 9.17) is 10.5 Å². The molecular weight excluding hydrogens is 176 g/mol. The Morgan fingerprint density at radius 3 is 2.79 bits per heavy atom. The highest BCUT2D eigenvalue weighted by molar-refractivity contribution is 4.82. The molecule has 1 aliphatic rings. The number of hydrogen-bond donors (Lipinski definition) is 1. The van der Waals surface area contributed by atoms with Crippen molar-refractivity contribution in [1.82, 2.24) is 4.90 Å². The summed E-state index contributed by atoms with van der Waals surface area (Å²) in [6, 6.07) is 0.885. The lowest BCUT2D eigenvalue weighted by molar-refractivity contribution is 0.0815. The van der Waals surface area contributed by atoms with Crippen molar-refractivity contribution in [2.45, 2.75) is 51.3 Å². The van der Waals surface area contributed by atoms with Gasteiger partial charge in [-0.3, -0.25) is 4.90 Å². The van der Waals surface area contributed by atoms with Gasteiger partial charge in [0.2, 0.25) is 0 Å². The van der Waals surface area contributed by atoms with Gasteiger partial charge >= 0.3 is 0 Å². The van der Waals surface area contributed by atoms with Crippen molar-refractivity contribution < 1.29 is 4.74 Å². The third-order valence-electron chi connectivity index (χ3n) is 3.08. The lowest BCUT2D eigenvalue weighted by atomic mass is 10.1. The Bertz CT molecular complexity index is 163. The van der Waals surface area contributed by atoms with Gasteiger partial charge in [-0.05, 0) is 26.8 Å². The monoisotopic (exact) mass is 200 g/mol. The van der Waals surface area contributed by atoms with E-state index in [2.05, 4.69) is 25.8 Å². The van der Waals surface area contributed by atoms with E-state index in [0.717, 1.165) is 26.0 Å². The Kier molecular flexibility index (Phi) is 4.85. The summed E-state index contributed by atoms with van der Waals surface area (Å²) in [6.07, 6.45) is 3.81. The van der Waals surface area contributed by atoms with E-state index in [9.17, 15) is 0 Å². The van der Waals surface area contributed by atoms with Crippen LogP contribution in [-0.4, -0.2) is 43.3 Å². The summed E-state index contributed by atoms with van der Waals surface area (Å²) in [4.78, 5) is 2.36. The molecule has 1 rings (SSSR count). The van der Waals surface area contributed by atoms with Crippen LogP contribution >= 0.6 is 0 Å². The molecule has 3 atom stereocenters. The Balaban J connectivity index is 2.29. The quantitative estimate of drug-likeness (QED) is 0.725. The van der Waals surface area contributed by atoms with Crippen molar-refractivity contribution >= 4 is 0 Å². The Labute approximate surface area is 87.6 Å². The smallest absolute Gasteiger partial charge is 0.0702 e. The second-order valence-corrected chi connectivity index (χ2v) is 4.42. The zero-order chi connectivity index (χ0) is 10.6. The molecule has 0 aromatic heterocycles. The highest BCUT2D eigenvalue weighted by Crippen LogP contribution is 2.18. The maximum atomic E-state index is 6.02. The minimum absolute atomic E-state index is 0.317. The zero-order valence-electron chi connectivity index (χ0n) is 9.70. The SMILES string of the molecule is CCCC(N)CN(C)C1CCOC1C. The largest absolute Gasteiger partial charge is 0.377 e. The van der Waals surface area contributed by atoms with Crippen molar-refractivity contribution in [2.75, 3.05) is 20.2 Å². The predicted molar refractivity (Wildman–Crippen MR) is 59.3 cm³/mol. The average molecular weight is 200 g/mol. The van der Waals surface area contributed by atoms with Gasteiger partial charge in [-0.1, -0.05) is 13.3 Å². The van der Waals surface area contributed by atoms with Gasteiger partial charge in [0.15, 0.2) is 0 Å². The van der Waals surface area contributed by atoms with Crippen LogP contribution in [0.1, 0.15) is 33.1 Å².